The number of piperidine rings is 1. The Labute approximate surface area is 135 Å². The van der Waals surface area contributed by atoms with E-state index < -0.39 is 0 Å². The molecule has 1 fully saturated rings. The number of anilines is 1. The van der Waals surface area contributed by atoms with Crippen molar-refractivity contribution in [3.63, 3.8) is 0 Å². The summed E-state index contributed by atoms with van der Waals surface area (Å²) in [6, 6.07) is 5.54. The average Bonchev–Trinajstić information content (AvgIpc) is 2.41. The Morgan fingerprint density at radius 1 is 1.33 bits per heavy atom. The molecule has 4 nitrogen and oxygen atoms in total. The number of carbonyl (C=O) groups excluding carboxylic acids is 1. The van der Waals surface area contributed by atoms with Gasteiger partial charge >= 0.3 is 0 Å². The van der Waals surface area contributed by atoms with E-state index in [-0.39, 0.29) is 17.5 Å². The van der Waals surface area contributed by atoms with Crippen molar-refractivity contribution in [1.82, 2.24) is 10.2 Å². The van der Waals surface area contributed by atoms with E-state index >= 15 is 0 Å². The SMILES string of the molecule is CC(C)(C)N1CCC(NC(=O)c2cc(N)ccc2Br)CC1. The molecule has 0 unspecified atom stereocenters. The number of rotatable bonds is 2. The number of nitrogen functional groups attached to an aromatic ring is 1. The highest BCUT2D eigenvalue weighted by Gasteiger charge is 2.27. The number of hydrogen-bond donors (Lipinski definition) is 2. The summed E-state index contributed by atoms with van der Waals surface area (Å²) in [5.74, 6) is -0.0524. The van der Waals surface area contributed by atoms with Crippen LogP contribution in [0, 0.1) is 0 Å². The van der Waals surface area contributed by atoms with Crippen molar-refractivity contribution < 1.29 is 4.79 Å². The summed E-state index contributed by atoms with van der Waals surface area (Å²) in [4.78, 5) is 14.8. The lowest BCUT2D eigenvalue weighted by molar-refractivity contribution is 0.0812. The molecule has 1 aromatic carbocycles. The van der Waals surface area contributed by atoms with Crippen LogP contribution in [-0.4, -0.2) is 35.5 Å². The highest BCUT2D eigenvalue weighted by atomic mass is 79.9. The fourth-order valence-electron chi connectivity index (χ4n) is 2.67. The smallest absolute Gasteiger partial charge is 0.252 e. The van der Waals surface area contributed by atoms with Gasteiger partial charge in [-0.1, -0.05) is 0 Å². The maximum Gasteiger partial charge on any atom is 0.252 e. The molecule has 0 aliphatic carbocycles. The van der Waals surface area contributed by atoms with Gasteiger partial charge in [-0.05, 0) is 67.7 Å². The van der Waals surface area contributed by atoms with Crippen molar-refractivity contribution in [3.05, 3.63) is 28.2 Å². The van der Waals surface area contributed by atoms with Gasteiger partial charge in [-0.2, -0.15) is 0 Å². The number of nitrogens with one attached hydrogen (secondary N) is 1. The monoisotopic (exact) mass is 353 g/mol. The van der Waals surface area contributed by atoms with Gasteiger partial charge in [0, 0.05) is 34.8 Å². The zero-order chi connectivity index (χ0) is 15.6. The maximum atomic E-state index is 12.4. The maximum absolute atomic E-state index is 12.4. The number of halogens is 1. The molecular formula is C16H24BrN3O. The number of nitrogens with zero attached hydrogens (tertiary/aromatic N) is 1. The summed E-state index contributed by atoms with van der Waals surface area (Å²) in [5, 5.41) is 3.12. The quantitative estimate of drug-likeness (QED) is 0.803. The predicted octanol–water partition coefficient (Wildman–Crippen LogP) is 3.02. The Morgan fingerprint density at radius 2 is 1.95 bits per heavy atom. The number of amides is 1. The van der Waals surface area contributed by atoms with E-state index in [9.17, 15) is 4.79 Å². The normalized spacial score (nSPS) is 17.7. The molecule has 2 rings (SSSR count). The summed E-state index contributed by atoms with van der Waals surface area (Å²) in [7, 11) is 0. The summed E-state index contributed by atoms with van der Waals surface area (Å²) >= 11 is 3.41. The van der Waals surface area contributed by atoms with Gasteiger partial charge in [0.05, 0.1) is 5.56 Å². The molecule has 0 saturated carbocycles. The Bertz CT molecular complexity index is 517. The van der Waals surface area contributed by atoms with Crippen LogP contribution in [0.15, 0.2) is 22.7 Å². The van der Waals surface area contributed by atoms with E-state index in [4.69, 9.17) is 5.73 Å². The Kier molecular flexibility index (Phi) is 4.94. The molecule has 1 heterocycles. The van der Waals surface area contributed by atoms with E-state index in [2.05, 4.69) is 46.9 Å². The molecule has 0 atom stereocenters. The molecule has 116 valence electrons. The number of likely N-dealkylation sites (tertiary alicyclic amines) is 1. The minimum atomic E-state index is -0.0524. The topological polar surface area (TPSA) is 58.4 Å². The van der Waals surface area contributed by atoms with Crippen LogP contribution >= 0.6 is 15.9 Å². The molecule has 0 radical (unpaired) electrons. The number of benzene rings is 1. The minimum absolute atomic E-state index is 0.0524. The van der Waals surface area contributed by atoms with Crippen LogP contribution in [-0.2, 0) is 0 Å². The van der Waals surface area contributed by atoms with Crippen molar-refractivity contribution in [1.29, 1.82) is 0 Å². The molecule has 0 bridgehead atoms. The Balaban J connectivity index is 1.94. The van der Waals surface area contributed by atoms with Crippen LogP contribution in [0.25, 0.3) is 0 Å². The number of carbonyl (C=O) groups is 1. The molecule has 3 N–H and O–H groups in total. The van der Waals surface area contributed by atoms with E-state index in [1.165, 1.54) is 0 Å². The third kappa shape index (κ3) is 4.20. The second-order valence-electron chi connectivity index (χ2n) is 6.64. The molecule has 1 aliphatic rings. The molecular weight excluding hydrogens is 330 g/mol. The summed E-state index contributed by atoms with van der Waals surface area (Å²) in [6.45, 7) is 8.74. The highest BCUT2D eigenvalue weighted by Crippen LogP contribution is 2.22. The van der Waals surface area contributed by atoms with Crippen molar-refractivity contribution in [3.8, 4) is 0 Å². The van der Waals surface area contributed by atoms with Crippen LogP contribution in [0.3, 0.4) is 0 Å². The summed E-state index contributed by atoms with van der Waals surface area (Å²) in [6.07, 6.45) is 1.98. The first-order chi connectivity index (χ1) is 9.77. The third-order valence-corrected chi connectivity index (χ3v) is 4.71. The van der Waals surface area contributed by atoms with Gasteiger partial charge in [0.25, 0.3) is 5.91 Å². The number of hydrogen-bond acceptors (Lipinski definition) is 3. The van der Waals surface area contributed by atoms with Crippen molar-refractivity contribution in [2.24, 2.45) is 0 Å². The summed E-state index contributed by atoms with van der Waals surface area (Å²) < 4.78 is 0.779. The lowest BCUT2D eigenvalue weighted by Crippen LogP contribution is -2.50. The first-order valence-corrected chi connectivity index (χ1v) is 8.17. The Morgan fingerprint density at radius 3 is 2.52 bits per heavy atom. The molecule has 0 aromatic heterocycles. The molecule has 1 aromatic rings. The van der Waals surface area contributed by atoms with Crippen LogP contribution < -0.4 is 11.1 Å². The molecule has 1 amide bonds. The van der Waals surface area contributed by atoms with Gasteiger partial charge in [0.2, 0.25) is 0 Å². The first-order valence-electron chi connectivity index (χ1n) is 7.38. The van der Waals surface area contributed by atoms with Gasteiger partial charge in [0.1, 0.15) is 0 Å². The lowest BCUT2D eigenvalue weighted by Gasteiger charge is -2.41. The van der Waals surface area contributed by atoms with Crippen LogP contribution in [0.1, 0.15) is 44.0 Å². The second-order valence-corrected chi connectivity index (χ2v) is 7.50. The van der Waals surface area contributed by atoms with E-state index in [0.29, 0.717) is 11.3 Å². The van der Waals surface area contributed by atoms with Gasteiger partial charge in [-0.3, -0.25) is 9.69 Å². The van der Waals surface area contributed by atoms with Gasteiger partial charge in [-0.15, -0.1) is 0 Å². The zero-order valence-corrected chi connectivity index (χ0v) is 14.5. The zero-order valence-electron chi connectivity index (χ0n) is 12.9. The van der Waals surface area contributed by atoms with Gasteiger partial charge in [-0.25, -0.2) is 0 Å². The molecule has 5 heteroatoms. The Hall–Kier alpha value is -1.07. The molecule has 1 saturated heterocycles. The molecule has 0 spiro atoms. The van der Waals surface area contributed by atoms with Crippen molar-refractivity contribution >= 4 is 27.5 Å². The predicted molar refractivity (Wildman–Crippen MR) is 90.4 cm³/mol. The van der Waals surface area contributed by atoms with E-state index in [1.54, 1.807) is 12.1 Å². The second kappa shape index (κ2) is 6.36. The van der Waals surface area contributed by atoms with E-state index in [0.717, 1.165) is 30.4 Å². The van der Waals surface area contributed by atoms with Crippen LogP contribution in [0.5, 0.6) is 0 Å². The number of nitrogens with two attached hydrogens (primary N) is 1. The molecule has 21 heavy (non-hydrogen) atoms. The van der Waals surface area contributed by atoms with Crippen LogP contribution in [0.4, 0.5) is 5.69 Å². The lowest BCUT2D eigenvalue weighted by atomic mass is 9.98. The minimum Gasteiger partial charge on any atom is -0.399 e. The standard InChI is InChI=1S/C16H24BrN3O/c1-16(2,3)20-8-6-12(7-9-20)19-15(21)13-10-11(18)4-5-14(13)17/h4-5,10,12H,6-9,18H2,1-3H3,(H,19,21). The van der Waals surface area contributed by atoms with E-state index in [1.807, 2.05) is 6.07 Å². The fourth-order valence-corrected chi connectivity index (χ4v) is 3.10. The van der Waals surface area contributed by atoms with Crippen molar-refractivity contribution in [2.75, 3.05) is 18.8 Å². The first kappa shape index (κ1) is 16.3. The molecule has 1 aliphatic heterocycles. The third-order valence-electron chi connectivity index (χ3n) is 4.01. The largest absolute Gasteiger partial charge is 0.399 e. The average molecular weight is 354 g/mol. The van der Waals surface area contributed by atoms with Gasteiger partial charge in [0.15, 0.2) is 0 Å². The summed E-state index contributed by atoms with van der Waals surface area (Å²) in [5.41, 5.74) is 7.16. The van der Waals surface area contributed by atoms with Crippen molar-refractivity contribution in [2.45, 2.75) is 45.2 Å². The highest BCUT2D eigenvalue weighted by molar-refractivity contribution is 9.10. The van der Waals surface area contributed by atoms with Crippen LogP contribution in [0.2, 0.25) is 0 Å². The fraction of sp³-hybridized carbons (Fsp3) is 0.562. The van der Waals surface area contributed by atoms with Gasteiger partial charge < -0.3 is 11.1 Å².